The second-order valence-electron chi connectivity index (χ2n) is 3.33. The highest BCUT2D eigenvalue weighted by molar-refractivity contribution is 5.79. The Balaban J connectivity index is 2.08. The molecule has 0 N–H and O–H groups in total. The van der Waals surface area contributed by atoms with Crippen LogP contribution in [0.5, 0.6) is 0 Å². The van der Waals surface area contributed by atoms with Crippen molar-refractivity contribution in [1.82, 2.24) is 0 Å². The average Bonchev–Trinajstić information content (AvgIpc) is 2.44. The summed E-state index contributed by atoms with van der Waals surface area (Å²) in [5.41, 5.74) is 0. The minimum Gasteiger partial charge on any atom is -0.374 e. The Morgan fingerprint density at radius 1 is 1.50 bits per heavy atom. The van der Waals surface area contributed by atoms with Gasteiger partial charge in [-0.05, 0) is 26.2 Å². The molecular weight excluding hydrogens is 128 g/mol. The summed E-state index contributed by atoms with van der Waals surface area (Å²) in [5.74, 6) is 0.547. The van der Waals surface area contributed by atoms with Gasteiger partial charge in [-0.3, -0.25) is 4.79 Å². The van der Waals surface area contributed by atoms with E-state index < -0.39 is 0 Å². The number of carbonyl (C=O) groups is 1. The minimum absolute atomic E-state index is 0.235. The molecule has 0 spiro atoms. The van der Waals surface area contributed by atoms with Crippen LogP contribution in [0.4, 0.5) is 0 Å². The molecule has 0 aliphatic carbocycles. The number of ether oxygens (including phenoxy) is 1. The third-order valence-corrected chi connectivity index (χ3v) is 2.63. The van der Waals surface area contributed by atoms with Crippen molar-refractivity contribution in [3.8, 4) is 0 Å². The standard InChI is InChI=1S/C8H12O2/c1-5(9)7-4-6-2-3-8(7)10-6/h6-8H,2-4H2,1H3/t6-,7-,8-/m1/s1. The van der Waals surface area contributed by atoms with E-state index in [2.05, 4.69) is 0 Å². The summed E-state index contributed by atoms with van der Waals surface area (Å²) >= 11 is 0. The molecule has 2 fully saturated rings. The lowest BCUT2D eigenvalue weighted by Crippen LogP contribution is -2.22. The van der Waals surface area contributed by atoms with Crippen LogP contribution in [-0.2, 0) is 9.53 Å². The predicted molar refractivity (Wildman–Crippen MR) is 36.7 cm³/mol. The number of Topliss-reactive ketones (excluding diaryl/α,β-unsaturated/α-hetero) is 1. The number of ketones is 1. The van der Waals surface area contributed by atoms with E-state index in [0.29, 0.717) is 11.9 Å². The molecular formula is C8H12O2. The van der Waals surface area contributed by atoms with Gasteiger partial charge in [-0.25, -0.2) is 0 Å². The maximum Gasteiger partial charge on any atom is 0.135 e. The van der Waals surface area contributed by atoms with E-state index in [1.165, 1.54) is 6.42 Å². The van der Waals surface area contributed by atoms with Gasteiger partial charge in [-0.15, -0.1) is 0 Å². The molecule has 10 heavy (non-hydrogen) atoms. The highest BCUT2D eigenvalue weighted by Gasteiger charge is 2.42. The molecule has 0 aromatic heterocycles. The zero-order chi connectivity index (χ0) is 7.14. The summed E-state index contributed by atoms with van der Waals surface area (Å²) in [6, 6.07) is 0. The largest absolute Gasteiger partial charge is 0.374 e. The van der Waals surface area contributed by atoms with E-state index in [9.17, 15) is 4.79 Å². The monoisotopic (exact) mass is 140 g/mol. The minimum atomic E-state index is 0.235. The molecule has 0 amide bonds. The molecule has 56 valence electrons. The molecule has 2 aliphatic rings. The van der Waals surface area contributed by atoms with E-state index in [0.717, 1.165) is 12.8 Å². The zero-order valence-corrected chi connectivity index (χ0v) is 6.17. The second-order valence-corrected chi connectivity index (χ2v) is 3.33. The number of hydrogen-bond donors (Lipinski definition) is 0. The summed E-state index contributed by atoms with van der Waals surface area (Å²) in [6.45, 7) is 1.68. The maximum atomic E-state index is 11.0. The van der Waals surface area contributed by atoms with Crippen molar-refractivity contribution in [1.29, 1.82) is 0 Å². The molecule has 2 heteroatoms. The van der Waals surface area contributed by atoms with Crippen LogP contribution in [-0.4, -0.2) is 18.0 Å². The van der Waals surface area contributed by atoms with Gasteiger partial charge in [0.15, 0.2) is 0 Å². The highest BCUT2D eigenvalue weighted by atomic mass is 16.5. The Hall–Kier alpha value is -0.370. The fourth-order valence-electron chi connectivity index (χ4n) is 2.07. The van der Waals surface area contributed by atoms with E-state index in [1.807, 2.05) is 0 Å². The van der Waals surface area contributed by atoms with Crippen LogP contribution in [0.2, 0.25) is 0 Å². The van der Waals surface area contributed by atoms with Gasteiger partial charge < -0.3 is 4.74 Å². The van der Waals surface area contributed by atoms with Crippen LogP contribution in [0.15, 0.2) is 0 Å². The molecule has 2 aliphatic heterocycles. The van der Waals surface area contributed by atoms with E-state index in [4.69, 9.17) is 4.74 Å². The van der Waals surface area contributed by atoms with Gasteiger partial charge in [0, 0.05) is 5.92 Å². The maximum absolute atomic E-state index is 11.0. The van der Waals surface area contributed by atoms with Crippen LogP contribution < -0.4 is 0 Å². The first-order valence-corrected chi connectivity index (χ1v) is 3.93. The first kappa shape index (κ1) is 6.35. The van der Waals surface area contributed by atoms with Gasteiger partial charge in [0.2, 0.25) is 0 Å². The number of hydrogen-bond acceptors (Lipinski definition) is 2. The Bertz CT molecular complexity index is 165. The predicted octanol–water partition coefficient (Wildman–Crippen LogP) is 1.14. The van der Waals surface area contributed by atoms with Gasteiger partial charge in [-0.1, -0.05) is 0 Å². The average molecular weight is 140 g/mol. The smallest absolute Gasteiger partial charge is 0.135 e. The van der Waals surface area contributed by atoms with Crippen LogP contribution in [0.25, 0.3) is 0 Å². The molecule has 2 bridgehead atoms. The number of carbonyl (C=O) groups excluding carboxylic acids is 1. The normalized spacial score (nSPS) is 44.3. The molecule has 2 rings (SSSR count). The first-order chi connectivity index (χ1) is 4.77. The SMILES string of the molecule is CC(=O)[C@H]1C[C@H]2CC[C@H]1O2. The lowest BCUT2D eigenvalue weighted by molar-refractivity contribution is -0.122. The topological polar surface area (TPSA) is 26.3 Å². The Kier molecular flexibility index (Phi) is 1.31. The van der Waals surface area contributed by atoms with Crippen molar-refractivity contribution < 1.29 is 9.53 Å². The van der Waals surface area contributed by atoms with Crippen molar-refractivity contribution in [3.63, 3.8) is 0 Å². The van der Waals surface area contributed by atoms with Crippen LogP contribution in [0.3, 0.4) is 0 Å². The highest BCUT2D eigenvalue weighted by Crippen LogP contribution is 2.38. The van der Waals surface area contributed by atoms with Gasteiger partial charge in [-0.2, -0.15) is 0 Å². The fourth-order valence-corrected chi connectivity index (χ4v) is 2.07. The quantitative estimate of drug-likeness (QED) is 0.546. The van der Waals surface area contributed by atoms with E-state index in [1.54, 1.807) is 6.92 Å². The van der Waals surface area contributed by atoms with Crippen molar-refractivity contribution in [2.45, 2.75) is 38.4 Å². The van der Waals surface area contributed by atoms with E-state index in [-0.39, 0.29) is 12.0 Å². The van der Waals surface area contributed by atoms with Gasteiger partial charge in [0.05, 0.1) is 12.2 Å². The number of fused-ring (bicyclic) bond motifs is 2. The molecule has 2 nitrogen and oxygen atoms in total. The van der Waals surface area contributed by atoms with Crippen molar-refractivity contribution >= 4 is 5.78 Å². The molecule has 2 saturated heterocycles. The van der Waals surface area contributed by atoms with Crippen LogP contribution >= 0.6 is 0 Å². The van der Waals surface area contributed by atoms with Crippen molar-refractivity contribution in [2.24, 2.45) is 5.92 Å². The molecule has 0 aromatic rings. The molecule has 0 aromatic carbocycles. The molecule has 0 unspecified atom stereocenters. The fraction of sp³-hybridized carbons (Fsp3) is 0.875. The summed E-state index contributed by atoms with van der Waals surface area (Å²) < 4.78 is 5.53. The summed E-state index contributed by atoms with van der Waals surface area (Å²) in [6.07, 6.45) is 3.96. The molecule has 0 saturated carbocycles. The Morgan fingerprint density at radius 2 is 2.30 bits per heavy atom. The summed E-state index contributed by atoms with van der Waals surface area (Å²) in [7, 11) is 0. The lowest BCUT2D eigenvalue weighted by Gasteiger charge is -2.14. The van der Waals surface area contributed by atoms with Gasteiger partial charge in [0.1, 0.15) is 5.78 Å². The third kappa shape index (κ3) is 0.788. The molecule has 2 heterocycles. The molecule has 0 radical (unpaired) electrons. The van der Waals surface area contributed by atoms with E-state index >= 15 is 0 Å². The second kappa shape index (κ2) is 2.06. The lowest BCUT2D eigenvalue weighted by atomic mass is 9.87. The van der Waals surface area contributed by atoms with Gasteiger partial charge in [0.25, 0.3) is 0 Å². The third-order valence-electron chi connectivity index (χ3n) is 2.63. The Labute approximate surface area is 60.6 Å². The van der Waals surface area contributed by atoms with Gasteiger partial charge >= 0.3 is 0 Å². The first-order valence-electron chi connectivity index (χ1n) is 3.93. The van der Waals surface area contributed by atoms with Crippen LogP contribution in [0.1, 0.15) is 26.2 Å². The van der Waals surface area contributed by atoms with Crippen molar-refractivity contribution in [2.75, 3.05) is 0 Å². The Morgan fingerprint density at radius 3 is 2.60 bits per heavy atom. The summed E-state index contributed by atoms with van der Waals surface area (Å²) in [4.78, 5) is 11.0. The summed E-state index contributed by atoms with van der Waals surface area (Å²) in [5, 5.41) is 0. The molecule has 3 atom stereocenters. The number of rotatable bonds is 1. The zero-order valence-electron chi connectivity index (χ0n) is 6.17. The van der Waals surface area contributed by atoms with Crippen molar-refractivity contribution in [3.05, 3.63) is 0 Å². The van der Waals surface area contributed by atoms with Crippen LogP contribution in [0, 0.1) is 5.92 Å².